The number of halogens is 1. The van der Waals surface area contributed by atoms with Gasteiger partial charge in [-0.05, 0) is 36.0 Å². The van der Waals surface area contributed by atoms with Crippen LogP contribution in [0, 0.1) is 11.3 Å². The van der Waals surface area contributed by atoms with Crippen LogP contribution in [0.1, 0.15) is 37.6 Å². The first-order chi connectivity index (χ1) is 8.79. The fourth-order valence-electron chi connectivity index (χ4n) is 2.63. The average molecular weight is 282 g/mol. The molecule has 0 amide bonds. The normalized spacial score (nSPS) is 19.8. The fourth-order valence-corrected chi connectivity index (χ4v) is 2.80. The lowest BCUT2D eigenvalue weighted by Crippen LogP contribution is -2.26. The van der Waals surface area contributed by atoms with Crippen molar-refractivity contribution in [3.8, 4) is 0 Å². The largest absolute Gasteiger partial charge is 0.478 e. The van der Waals surface area contributed by atoms with Gasteiger partial charge in [0.2, 0.25) is 0 Å². The summed E-state index contributed by atoms with van der Waals surface area (Å²) in [5.41, 5.74) is 1.32. The van der Waals surface area contributed by atoms with E-state index in [2.05, 4.69) is 25.7 Å². The topological polar surface area (TPSA) is 40.5 Å². The highest BCUT2D eigenvalue weighted by Crippen LogP contribution is 2.37. The molecular weight excluding hydrogens is 262 g/mol. The molecule has 1 aromatic carbocycles. The minimum atomic E-state index is -0.897. The lowest BCUT2D eigenvalue weighted by atomic mass is 9.80. The van der Waals surface area contributed by atoms with Crippen LogP contribution in [0.5, 0.6) is 0 Å². The number of carbonyl (C=O) groups is 1. The predicted molar refractivity (Wildman–Crippen MR) is 78.2 cm³/mol. The summed E-state index contributed by atoms with van der Waals surface area (Å²) in [6.07, 6.45) is 1.09. The van der Waals surface area contributed by atoms with Crippen molar-refractivity contribution in [1.29, 1.82) is 0 Å². The van der Waals surface area contributed by atoms with Gasteiger partial charge in [-0.15, -0.1) is 0 Å². The molecule has 1 unspecified atom stereocenters. The summed E-state index contributed by atoms with van der Waals surface area (Å²) < 4.78 is 0. The molecule has 0 aliphatic carbocycles. The summed E-state index contributed by atoms with van der Waals surface area (Å²) in [6.45, 7) is 8.48. The van der Waals surface area contributed by atoms with Gasteiger partial charge in [-0.1, -0.05) is 32.4 Å². The summed E-state index contributed by atoms with van der Waals surface area (Å²) in [5.74, 6) is -0.320. The van der Waals surface area contributed by atoms with E-state index in [1.54, 1.807) is 18.2 Å². The van der Waals surface area contributed by atoms with E-state index in [4.69, 9.17) is 11.6 Å². The molecule has 1 fully saturated rings. The van der Waals surface area contributed by atoms with Gasteiger partial charge in [-0.3, -0.25) is 0 Å². The number of hydrogen-bond donors (Lipinski definition) is 1. The first kappa shape index (κ1) is 14.2. The number of anilines is 1. The quantitative estimate of drug-likeness (QED) is 0.893. The van der Waals surface area contributed by atoms with Crippen LogP contribution in [-0.4, -0.2) is 24.2 Å². The molecule has 0 saturated carbocycles. The van der Waals surface area contributed by atoms with Crippen LogP contribution in [0.15, 0.2) is 18.2 Å². The third-order valence-corrected chi connectivity index (χ3v) is 4.18. The van der Waals surface area contributed by atoms with E-state index >= 15 is 0 Å². The van der Waals surface area contributed by atoms with Gasteiger partial charge in [0, 0.05) is 18.1 Å². The van der Waals surface area contributed by atoms with Crippen LogP contribution < -0.4 is 4.90 Å². The van der Waals surface area contributed by atoms with Gasteiger partial charge in [0.15, 0.2) is 0 Å². The Kier molecular flexibility index (Phi) is 3.77. The number of carboxylic acids is 1. The van der Waals surface area contributed by atoms with E-state index in [0.717, 1.165) is 25.2 Å². The van der Waals surface area contributed by atoms with Crippen molar-refractivity contribution in [2.24, 2.45) is 11.3 Å². The number of carboxylic acid groups (broad SMARTS) is 1. The molecule has 0 aromatic heterocycles. The molecule has 0 radical (unpaired) electrons. The summed E-state index contributed by atoms with van der Waals surface area (Å²) in [7, 11) is 0. The Morgan fingerprint density at radius 1 is 1.42 bits per heavy atom. The van der Waals surface area contributed by atoms with E-state index in [9.17, 15) is 9.90 Å². The molecule has 3 nitrogen and oxygen atoms in total. The number of aromatic carboxylic acids is 1. The molecule has 1 heterocycles. The maximum absolute atomic E-state index is 11.3. The fraction of sp³-hybridized carbons (Fsp3) is 0.533. The van der Waals surface area contributed by atoms with Gasteiger partial charge in [0.05, 0.1) is 11.3 Å². The Labute approximate surface area is 119 Å². The predicted octanol–water partition coefficient (Wildman–Crippen LogP) is 3.91. The number of rotatable bonds is 2. The van der Waals surface area contributed by atoms with Crippen LogP contribution in [0.3, 0.4) is 0 Å². The van der Waals surface area contributed by atoms with Crippen LogP contribution >= 0.6 is 11.6 Å². The average Bonchev–Trinajstić information content (AvgIpc) is 2.77. The van der Waals surface area contributed by atoms with Crippen molar-refractivity contribution in [1.82, 2.24) is 0 Å². The van der Waals surface area contributed by atoms with Crippen LogP contribution in [-0.2, 0) is 0 Å². The molecule has 2 rings (SSSR count). The first-order valence-corrected chi connectivity index (χ1v) is 6.94. The zero-order valence-electron chi connectivity index (χ0n) is 11.6. The molecule has 104 valence electrons. The van der Waals surface area contributed by atoms with Crippen LogP contribution in [0.2, 0.25) is 5.02 Å². The molecule has 1 aliphatic rings. The molecule has 1 saturated heterocycles. The van der Waals surface area contributed by atoms with Crippen molar-refractivity contribution < 1.29 is 9.90 Å². The smallest absolute Gasteiger partial charge is 0.337 e. The van der Waals surface area contributed by atoms with Gasteiger partial charge >= 0.3 is 5.97 Å². The third kappa shape index (κ3) is 3.03. The first-order valence-electron chi connectivity index (χ1n) is 6.57. The summed E-state index contributed by atoms with van der Waals surface area (Å²) in [4.78, 5) is 13.4. The summed E-state index contributed by atoms with van der Waals surface area (Å²) in [6, 6.07) is 4.98. The van der Waals surface area contributed by atoms with Crippen molar-refractivity contribution >= 4 is 23.3 Å². The standard InChI is InChI=1S/C15H20ClNO2/c1-15(2,3)10-6-7-17(9-10)13-8-11(16)4-5-12(13)14(18)19/h4-5,8,10H,6-7,9H2,1-3H3,(H,18,19). The summed E-state index contributed by atoms with van der Waals surface area (Å²) in [5, 5.41) is 9.86. The van der Waals surface area contributed by atoms with Gasteiger partial charge in [-0.25, -0.2) is 4.79 Å². The molecule has 19 heavy (non-hydrogen) atoms. The third-order valence-electron chi connectivity index (χ3n) is 3.94. The highest BCUT2D eigenvalue weighted by molar-refractivity contribution is 6.31. The Balaban J connectivity index is 2.28. The highest BCUT2D eigenvalue weighted by Gasteiger charge is 2.33. The molecule has 0 bridgehead atoms. The van der Waals surface area contributed by atoms with Gasteiger partial charge in [0.1, 0.15) is 0 Å². The molecule has 1 atom stereocenters. The van der Waals surface area contributed by atoms with Gasteiger partial charge < -0.3 is 10.0 Å². The van der Waals surface area contributed by atoms with Crippen molar-refractivity contribution in [2.45, 2.75) is 27.2 Å². The monoisotopic (exact) mass is 281 g/mol. The second kappa shape index (κ2) is 5.04. The number of nitrogens with zero attached hydrogens (tertiary/aromatic N) is 1. The Hall–Kier alpha value is -1.22. The van der Waals surface area contributed by atoms with Gasteiger partial charge in [-0.2, -0.15) is 0 Å². The molecule has 4 heteroatoms. The maximum Gasteiger partial charge on any atom is 0.337 e. The minimum Gasteiger partial charge on any atom is -0.478 e. The zero-order valence-corrected chi connectivity index (χ0v) is 12.4. The minimum absolute atomic E-state index is 0.247. The van der Waals surface area contributed by atoms with E-state index < -0.39 is 5.97 Å². The maximum atomic E-state index is 11.3. The Morgan fingerprint density at radius 2 is 2.11 bits per heavy atom. The number of benzene rings is 1. The zero-order chi connectivity index (χ0) is 14.2. The van der Waals surface area contributed by atoms with Crippen LogP contribution in [0.4, 0.5) is 5.69 Å². The Morgan fingerprint density at radius 3 is 2.63 bits per heavy atom. The van der Waals surface area contributed by atoms with E-state index in [1.165, 1.54) is 0 Å². The van der Waals surface area contributed by atoms with Gasteiger partial charge in [0.25, 0.3) is 0 Å². The lowest BCUT2D eigenvalue weighted by Gasteiger charge is -2.28. The van der Waals surface area contributed by atoms with E-state index in [-0.39, 0.29) is 5.41 Å². The second-order valence-corrected chi connectivity index (χ2v) is 6.70. The van der Waals surface area contributed by atoms with Crippen molar-refractivity contribution in [2.75, 3.05) is 18.0 Å². The van der Waals surface area contributed by atoms with Crippen molar-refractivity contribution in [3.05, 3.63) is 28.8 Å². The SMILES string of the molecule is CC(C)(C)C1CCN(c2cc(Cl)ccc2C(=O)O)C1. The molecular formula is C15H20ClNO2. The molecule has 1 N–H and O–H groups in total. The van der Waals surface area contributed by atoms with E-state index in [0.29, 0.717) is 16.5 Å². The highest BCUT2D eigenvalue weighted by atomic mass is 35.5. The Bertz CT molecular complexity index is 493. The number of hydrogen-bond acceptors (Lipinski definition) is 2. The molecule has 0 spiro atoms. The van der Waals surface area contributed by atoms with Crippen LogP contribution in [0.25, 0.3) is 0 Å². The summed E-state index contributed by atoms with van der Waals surface area (Å²) >= 11 is 6.01. The second-order valence-electron chi connectivity index (χ2n) is 6.26. The van der Waals surface area contributed by atoms with E-state index in [1.807, 2.05) is 0 Å². The molecule has 1 aromatic rings. The molecule has 1 aliphatic heterocycles. The lowest BCUT2D eigenvalue weighted by molar-refractivity contribution is 0.0697. The van der Waals surface area contributed by atoms with Crippen molar-refractivity contribution in [3.63, 3.8) is 0 Å².